The van der Waals surface area contributed by atoms with Gasteiger partial charge in [-0.1, -0.05) is 6.07 Å². The number of hydrogen-bond donors (Lipinski definition) is 1. The van der Waals surface area contributed by atoms with Gasteiger partial charge in [-0.25, -0.2) is 4.39 Å². The summed E-state index contributed by atoms with van der Waals surface area (Å²) in [4.78, 5) is 0. The fourth-order valence-electron chi connectivity index (χ4n) is 1.70. The van der Waals surface area contributed by atoms with Crippen molar-refractivity contribution < 1.29 is 22.7 Å². The van der Waals surface area contributed by atoms with Crippen LogP contribution < -0.4 is 10.5 Å². The SMILES string of the molecule is CCOP(=O)(OCC)[C@H](N)c1c(F)cccc1OC. The van der Waals surface area contributed by atoms with E-state index in [4.69, 9.17) is 19.5 Å². The number of halogens is 1. The number of benzene rings is 1. The second-order valence-corrected chi connectivity index (χ2v) is 5.83. The molecule has 0 aliphatic rings. The zero-order chi connectivity index (χ0) is 14.5. The van der Waals surface area contributed by atoms with Crippen molar-refractivity contribution in [1.82, 2.24) is 0 Å². The standard InChI is InChI=1S/C12H19FNO4P/c1-4-17-19(15,18-5-2)12(14)11-9(13)7-6-8-10(11)16-3/h6-8,12H,4-5,14H2,1-3H3/t12-/m0/s1. The minimum absolute atomic E-state index is 0.00441. The highest BCUT2D eigenvalue weighted by molar-refractivity contribution is 7.54. The topological polar surface area (TPSA) is 70.8 Å². The van der Waals surface area contributed by atoms with E-state index in [0.717, 1.165) is 0 Å². The molecular formula is C12H19FNO4P. The predicted molar refractivity (Wildman–Crippen MR) is 70.7 cm³/mol. The molecule has 0 fully saturated rings. The first kappa shape index (κ1) is 16.1. The van der Waals surface area contributed by atoms with E-state index in [0.29, 0.717) is 0 Å². The van der Waals surface area contributed by atoms with Gasteiger partial charge in [0.05, 0.1) is 25.9 Å². The minimum atomic E-state index is -3.64. The van der Waals surface area contributed by atoms with Crippen molar-refractivity contribution in [3.63, 3.8) is 0 Å². The Bertz CT molecular complexity index is 459. The monoisotopic (exact) mass is 291 g/mol. The maximum absolute atomic E-state index is 13.9. The number of rotatable bonds is 7. The predicted octanol–water partition coefficient (Wildman–Crippen LogP) is 3.06. The van der Waals surface area contributed by atoms with Gasteiger partial charge in [0, 0.05) is 0 Å². The van der Waals surface area contributed by atoms with E-state index < -0.39 is 19.2 Å². The Morgan fingerprint density at radius 1 is 1.32 bits per heavy atom. The minimum Gasteiger partial charge on any atom is -0.496 e. The van der Waals surface area contributed by atoms with Crippen LogP contribution in [0.3, 0.4) is 0 Å². The van der Waals surface area contributed by atoms with Gasteiger partial charge < -0.3 is 19.5 Å². The number of methoxy groups -OCH3 is 1. The molecule has 0 amide bonds. The summed E-state index contributed by atoms with van der Waals surface area (Å²) in [6, 6.07) is 4.25. The molecule has 1 rings (SSSR count). The quantitative estimate of drug-likeness (QED) is 0.782. The fraction of sp³-hybridized carbons (Fsp3) is 0.500. The summed E-state index contributed by atoms with van der Waals surface area (Å²) in [5.74, 6) is -1.62. The van der Waals surface area contributed by atoms with Crippen molar-refractivity contribution in [1.29, 1.82) is 0 Å². The molecule has 1 aromatic rings. The molecule has 0 aromatic heterocycles. The highest BCUT2D eigenvalue weighted by atomic mass is 31.2. The van der Waals surface area contributed by atoms with E-state index in [1.807, 2.05) is 0 Å². The van der Waals surface area contributed by atoms with Crippen molar-refractivity contribution >= 4 is 7.60 Å². The molecule has 0 unspecified atom stereocenters. The summed E-state index contributed by atoms with van der Waals surface area (Å²) >= 11 is 0. The van der Waals surface area contributed by atoms with Crippen molar-refractivity contribution in [2.24, 2.45) is 5.73 Å². The first-order chi connectivity index (χ1) is 9.00. The molecule has 0 bridgehead atoms. The van der Waals surface area contributed by atoms with Gasteiger partial charge in [-0.3, -0.25) is 4.57 Å². The summed E-state index contributed by atoms with van der Waals surface area (Å²) < 4.78 is 41.7. The van der Waals surface area contributed by atoms with Gasteiger partial charge in [0.15, 0.2) is 0 Å². The number of ether oxygens (including phenoxy) is 1. The number of nitrogens with two attached hydrogens (primary N) is 1. The lowest BCUT2D eigenvalue weighted by molar-refractivity contribution is 0.211. The van der Waals surface area contributed by atoms with Crippen molar-refractivity contribution in [2.45, 2.75) is 19.6 Å². The highest BCUT2D eigenvalue weighted by Crippen LogP contribution is 2.59. The molecule has 108 valence electrons. The van der Waals surface area contributed by atoms with Crippen LogP contribution in [-0.4, -0.2) is 20.3 Å². The van der Waals surface area contributed by atoms with Crippen molar-refractivity contribution in [3.05, 3.63) is 29.6 Å². The molecule has 0 spiro atoms. The molecule has 0 saturated heterocycles. The Balaban J connectivity index is 3.23. The fourth-order valence-corrected chi connectivity index (χ4v) is 3.38. The van der Waals surface area contributed by atoms with E-state index in [2.05, 4.69) is 0 Å². The maximum Gasteiger partial charge on any atom is 0.351 e. The zero-order valence-corrected chi connectivity index (χ0v) is 12.2. The first-order valence-corrected chi connectivity index (χ1v) is 7.58. The van der Waals surface area contributed by atoms with Crippen LogP contribution in [0.25, 0.3) is 0 Å². The third-order valence-electron chi connectivity index (χ3n) is 2.49. The van der Waals surface area contributed by atoms with Gasteiger partial charge in [-0.2, -0.15) is 0 Å². The summed E-state index contributed by atoms with van der Waals surface area (Å²) in [5.41, 5.74) is 5.89. The van der Waals surface area contributed by atoms with Crippen LogP contribution in [0.15, 0.2) is 18.2 Å². The molecule has 0 radical (unpaired) electrons. The second kappa shape index (κ2) is 7.01. The molecule has 0 saturated carbocycles. The zero-order valence-electron chi connectivity index (χ0n) is 11.3. The van der Waals surface area contributed by atoms with E-state index in [1.54, 1.807) is 19.9 Å². The average molecular weight is 291 g/mol. The van der Waals surface area contributed by atoms with Gasteiger partial charge in [0.1, 0.15) is 17.3 Å². The Kier molecular flexibility index (Phi) is 5.94. The summed E-state index contributed by atoms with van der Waals surface area (Å²) in [7, 11) is -2.26. The third-order valence-corrected chi connectivity index (χ3v) is 4.66. The van der Waals surface area contributed by atoms with Gasteiger partial charge in [0.25, 0.3) is 0 Å². The lowest BCUT2D eigenvalue weighted by Crippen LogP contribution is -2.17. The maximum atomic E-state index is 13.9. The van der Waals surface area contributed by atoms with Crippen LogP contribution in [0, 0.1) is 5.82 Å². The molecule has 0 aliphatic carbocycles. The smallest absolute Gasteiger partial charge is 0.351 e. The molecule has 0 heterocycles. The van der Waals surface area contributed by atoms with Gasteiger partial charge >= 0.3 is 7.60 Å². The largest absolute Gasteiger partial charge is 0.496 e. The van der Waals surface area contributed by atoms with Gasteiger partial charge in [-0.05, 0) is 26.0 Å². The summed E-state index contributed by atoms with van der Waals surface area (Å²) in [5, 5.41) is 0. The average Bonchev–Trinajstić information content (AvgIpc) is 2.38. The molecule has 5 nitrogen and oxygen atoms in total. The lowest BCUT2D eigenvalue weighted by atomic mass is 10.2. The lowest BCUT2D eigenvalue weighted by Gasteiger charge is -2.24. The van der Waals surface area contributed by atoms with Crippen LogP contribution in [0.4, 0.5) is 4.39 Å². The summed E-state index contributed by atoms with van der Waals surface area (Å²) in [6.07, 6.45) is 0. The molecule has 1 aromatic carbocycles. The Hall–Kier alpha value is -0.940. The van der Waals surface area contributed by atoms with Crippen LogP contribution in [-0.2, 0) is 13.6 Å². The molecular weight excluding hydrogens is 272 g/mol. The Morgan fingerprint density at radius 2 is 1.89 bits per heavy atom. The molecule has 2 N–H and O–H groups in total. The van der Waals surface area contributed by atoms with Crippen molar-refractivity contribution in [3.8, 4) is 5.75 Å². The van der Waals surface area contributed by atoms with E-state index >= 15 is 0 Å². The van der Waals surface area contributed by atoms with Gasteiger partial charge in [-0.15, -0.1) is 0 Å². The van der Waals surface area contributed by atoms with Crippen LogP contribution in [0.2, 0.25) is 0 Å². The number of hydrogen-bond acceptors (Lipinski definition) is 5. The molecule has 0 aliphatic heterocycles. The normalized spacial score (nSPS) is 13.3. The van der Waals surface area contributed by atoms with Crippen molar-refractivity contribution in [2.75, 3.05) is 20.3 Å². The Morgan fingerprint density at radius 3 is 2.37 bits per heavy atom. The molecule has 19 heavy (non-hydrogen) atoms. The summed E-state index contributed by atoms with van der Waals surface area (Å²) in [6.45, 7) is 3.64. The van der Waals surface area contributed by atoms with E-state index in [-0.39, 0.29) is 24.5 Å². The van der Waals surface area contributed by atoms with Crippen LogP contribution in [0.5, 0.6) is 5.75 Å². The van der Waals surface area contributed by atoms with Crippen LogP contribution in [0.1, 0.15) is 25.2 Å². The molecule has 1 atom stereocenters. The first-order valence-electron chi connectivity index (χ1n) is 5.96. The van der Waals surface area contributed by atoms with Crippen LogP contribution >= 0.6 is 7.60 Å². The molecule has 7 heteroatoms. The third kappa shape index (κ3) is 3.54. The van der Waals surface area contributed by atoms with E-state index in [1.165, 1.54) is 19.2 Å². The highest BCUT2D eigenvalue weighted by Gasteiger charge is 2.37. The second-order valence-electron chi connectivity index (χ2n) is 3.68. The van der Waals surface area contributed by atoms with Gasteiger partial charge in [0.2, 0.25) is 0 Å². The van der Waals surface area contributed by atoms with E-state index in [9.17, 15) is 8.96 Å². The Labute approximate surface area is 112 Å².